The number of nitrogens with one attached hydrogen (secondary N) is 1. The molecule has 118 valence electrons. The monoisotopic (exact) mass is 309 g/mol. The van der Waals surface area contributed by atoms with Crippen molar-refractivity contribution < 1.29 is 9.59 Å². The van der Waals surface area contributed by atoms with Crippen LogP contribution in [0, 0.1) is 0 Å². The van der Waals surface area contributed by atoms with E-state index in [1.807, 2.05) is 49.4 Å². The van der Waals surface area contributed by atoms with Gasteiger partial charge in [-0.15, -0.1) is 0 Å². The number of amides is 3. The number of carbonyl (C=O) groups is 2. The van der Waals surface area contributed by atoms with E-state index < -0.39 is 5.54 Å². The van der Waals surface area contributed by atoms with E-state index in [1.165, 1.54) is 4.90 Å². The first-order valence-electron chi connectivity index (χ1n) is 7.76. The maximum atomic E-state index is 12.9. The summed E-state index contributed by atoms with van der Waals surface area (Å²) in [6.45, 7) is 2.28. The molecule has 2 heterocycles. The van der Waals surface area contributed by atoms with Crippen LogP contribution in [0.15, 0.2) is 54.9 Å². The maximum Gasteiger partial charge on any atom is 0.325 e. The van der Waals surface area contributed by atoms with Crippen LogP contribution in [0.2, 0.25) is 0 Å². The van der Waals surface area contributed by atoms with Crippen LogP contribution < -0.4 is 5.32 Å². The van der Waals surface area contributed by atoms with Gasteiger partial charge in [0.1, 0.15) is 5.54 Å². The van der Waals surface area contributed by atoms with Crippen molar-refractivity contribution >= 4 is 11.9 Å². The predicted octanol–water partition coefficient (Wildman–Crippen LogP) is 2.48. The van der Waals surface area contributed by atoms with Crippen molar-refractivity contribution in [3.63, 3.8) is 0 Å². The maximum absolute atomic E-state index is 12.9. The highest BCUT2D eigenvalue weighted by Crippen LogP contribution is 2.32. The Morgan fingerprint density at radius 1 is 1.09 bits per heavy atom. The molecule has 1 N–H and O–H groups in total. The second-order valence-electron chi connectivity index (χ2n) is 5.62. The van der Waals surface area contributed by atoms with E-state index in [0.717, 1.165) is 11.1 Å². The SMILES string of the molecule is CC[C@@]1(c2ccccc2)NC(=O)N(CCc2ccncc2)C1=O. The third kappa shape index (κ3) is 2.70. The Morgan fingerprint density at radius 3 is 2.43 bits per heavy atom. The first-order chi connectivity index (χ1) is 11.2. The molecular weight excluding hydrogens is 290 g/mol. The molecule has 1 aromatic carbocycles. The van der Waals surface area contributed by atoms with Gasteiger partial charge in [0, 0.05) is 18.9 Å². The minimum absolute atomic E-state index is 0.176. The van der Waals surface area contributed by atoms with Gasteiger partial charge in [0.2, 0.25) is 0 Å². The fraction of sp³-hybridized carbons (Fsp3) is 0.278. The van der Waals surface area contributed by atoms with Crippen molar-refractivity contribution in [2.24, 2.45) is 0 Å². The fourth-order valence-electron chi connectivity index (χ4n) is 2.98. The van der Waals surface area contributed by atoms with Crippen LogP contribution in [0.25, 0.3) is 0 Å². The van der Waals surface area contributed by atoms with E-state index in [9.17, 15) is 9.59 Å². The largest absolute Gasteiger partial charge is 0.325 e. The van der Waals surface area contributed by atoms with Crippen LogP contribution in [0.1, 0.15) is 24.5 Å². The molecule has 5 nitrogen and oxygen atoms in total. The van der Waals surface area contributed by atoms with Gasteiger partial charge < -0.3 is 5.32 Å². The molecule has 0 saturated carbocycles. The first-order valence-corrected chi connectivity index (χ1v) is 7.76. The zero-order chi connectivity index (χ0) is 16.3. The highest BCUT2D eigenvalue weighted by atomic mass is 16.2. The Kier molecular flexibility index (Phi) is 4.10. The van der Waals surface area contributed by atoms with Crippen LogP contribution in [-0.4, -0.2) is 28.4 Å². The number of nitrogens with zero attached hydrogens (tertiary/aromatic N) is 2. The van der Waals surface area contributed by atoms with Gasteiger partial charge in [0.25, 0.3) is 5.91 Å². The van der Waals surface area contributed by atoms with Crippen LogP contribution >= 0.6 is 0 Å². The lowest BCUT2D eigenvalue weighted by atomic mass is 9.87. The van der Waals surface area contributed by atoms with Crippen molar-refractivity contribution in [2.75, 3.05) is 6.54 Å². The van der Waals surface area contributed by atoms with Gasteiger partial charge in [-0.05, 0) is 36.1 Å². The van der Waals surface area contributed by atoms with Crippen molar-refractivity contribution in [2.45, 2.75) is 25.3 Å². The van der Waals surface area contributed by atoms with Gasteiger partial charge >= 0.3 is 6.03 Å². The van der Waals surface area contributed by atoms with Gasteiger partial charge in [-0.25, -0.2) is 4.79 Å². The van der Waals surface area contributed by atoms with E-state index in [1.54, 1.807) is 12.4 Å². The molecule has 1 aliphatic heterocycles. The fourth-order valence-corrected chi connectivity index (χ4v) is 2.98. The standard InChI is InChI=1S/C18H19N3O2/c1-2-18(15-6-4-3-5-7-15)16(22)21(17(23)20-18)13-10-14-8-11-19-12-9-14/h3-9,11-12H,2,10,13H2,1H3,(H,20,23)/t18-/m0/s1. The number of urea groups is 1. The summed E-state index contributed by atoms with van der Waals surface area (Å²) in [7, 11) is 0. The van der Waals surface area contributed by atoms with Gasteiger partial charge in [0.15, 0.2) is 0 Å². The second kappa shape index (κ2) is 6.20. The summed E-state index contributed by atoms with van der Waals surface area (Å²) in [6.07, 6.45) is 4.56. The minimum Gasteiger partial charge on any atom is -0.319 e. The van der Waals surface area contributed by atoms with Crippen LogP contribution in [0.4, 0.5) is 4.79 Å². The normalized spacial score (nSPS) is 20.7. The Balaban J connectivity index is 1.81. The average Bonchev–Trinajstić information content (AvgIpc) is 2.86. The quantitative estimate of drug-likeness (QED) is 0.863. The van der Waals surface area contributed by atoms with E-state index in [0.29, 0.717) is 19.4 Å². The summed E-state index contributed by atoms with van der Waals surface area (Å²) >= 11 is 0. The summed E-state index contributed by atoms with van der Waals surface area (Å²) < 4.78 is 0. The molecule has 1 aromatic heterocycles. The first kappa shape index (κ1) is 15.2. The lowest BCUT2D eigenvalue weighted by Gasteiger charge is -2.25. The molecular formula is C18H19N3O2. The topological polar surface area (TPSA) is 62.3 Å². The van der Waals surface area contributed by atoms with E-state index in [-0.39, 0.29) is 11.9 Å². The number of carbonyl (C=O) groups excluding carboxylic acids is 2. The van der Waals surface area contributed by atoms with E-state index >= 15 is 0 Å². The Labute approximate surface area is 135 Å². The van der Waals surface area contributed by atoms with Gasteiger partial charge in [-0.3, -0.25) is 14.7 Å². The number of benzene rings is 1. The molecule has 1 atom stereocenters. The number of pyridine rings is 1. The molecule has 2 aromatic rings. The van der Waals surface area contributed by atoms with Crippen molar-refractivity contribution in [3.8, 4) is 0 Å². The zero-order valence-corrected chi connectivity index (χ0v) is 13.0. The zero-order valence-electron chi connectivity index (χ0n) is 13.0. The highest BCUT2D eigenvalue weighted by molar-refractivity contribution is 6.07. The summed E-state index contributed by atoms with van der Waals surface area (Å²) in [5.41, 5.74) is 0.929. The second-order valence-corrected chi connectivity index (χ2v) is 5.62. The average molecular weight is 309 g/mol. The van der Waals surface area contributed by atoms with Gasteiger partial charge in [0.05, 0.1) is 0 Å². The lowest BCUT2D eigenvalue weighted by Crippen LogP contribution is -2.43. The molecule has 0 unspecified atom stereocenters. The third-order valence-electron chi connectivity index (χ3n) is 4.35. The Hall–Kier alpha value is -2.69. The molecule has 5 heteroatoms. The van der Waals surface area contributed by atoms with Crippen molar-refractivity contribution in [1.82, 2.24) is 15.2 Å². The molecule has 0 aliphatic carbocycles. The minimum atomic E-state index is -0.948. The predicted molar refractivity (Wildman–Crippen MR) is 86.6 cm³/mol. The van der Waals surface area contributed by atoms with Crippen molar-refractivity contribution in [1.29, 1.82) is 0 Å². The van der Waals surface area contributed by atoms with Crippen molar-refractivity contribution in [3.05, 3.63) is 66.0 Å². The molecule has 0 bridgehead atoms. The number of rotatable bonds is 5. The molecule has 1 fully saturated rings. The number of imide groups is 1. The summed E-state index contributed by atoms with van der Waals surface area (Å²) in [6, 6.07) is 12.9. The Bertz CT molecular complexity index is 703. The van der Waals surface area contributed by atoms with Crippen LogP contribution in [-0.2, 0) is 16.8 Å². The number of aromatic nitrogens is 1. The molecule has 1 saturated heterocycles. The van der Waals surface area contributed by atoms with Gasteiger partial charge in [-0.2, -0.15) is 0 Å². The molecule has 23 heavy (non-hydrogen) atoms. The van der Waals surface area contributed by atoms with E-state index in [4.69, 9.17) is 0 Å². The summed E-state index contributed by atoms with van der Waals surface area (Å²) in [5.74, 6) is -0.176. The van der Waals surface area contributed by atoms with E-state index in [2.05, 4.69) is 10.3 Å². The van der Waals surface area contributed by atoms with Gasteiger partial charge in [-0.1, -0.05) is 37.3 Å². The number of hydrogen-bond acceptors (Lipinski definition) is 3. The van der Waals surface area contributed by atoms with Crippen LogP contribution in [0.3, 0.4) is 0 Å². The number of hydrogen-bond donors (Lipinski definition) is 1. The lowest BCUT2D eigenvalue weighted by molar-refractivity contribution is -0.131. The molecule has 1 aliphatic rings. The third-order valence-corrected chi connectivity index (χ3v) is 4.35. The summed E-state index contributed by atoms with van der Waals surface area (Å²) in [5, 5.41) is 2.89. The Morgan fingerprint density at radius 2 is 1.78 bits per heavy atom. The molecule has 3 amide bonds. The molecule has 3 rings (SSSR count). The van der Waals surface area contributed by atoms with Crippen LogP contribution in [0.5, 0.6) is 0 Å². The summed E-state index contributed by atoms with van der Waals surface area (Å²) in [4.78, 5) is 30.5. The highest BCUT2D eigenvalue weighted by Gasteiger charge is 2.50. The molecule has 0 spiro atoms. The smallest absolute Gasteiger partial charge is 0.319 e. The molecule has 0 radical (unpaired) electrons.